The van der Waals surface area contributed by atoms with E-state index >= 15 is 0 Å². The Morgan fingerprint density at radius 3 is 3.07 bits per heavy atom. The van der Waals surface area contributed by atoms with Crippen molar-refractivity contribution in [2.45, 2.75) is 18.9 Å². The lowest BCUT2D eigenvalue weighted by atomic mass is 10.1. The van der Waals surface area contributed by atoms with Gasteiger partial charge in [0.2, 0.25) is 0 Å². The van der Waals surface area contributed by atoms with Crippen molar-refractivity contribution in [2.75, 3.05) is 11.6 Å². The standard InChI is InChI=1S/C10H11ClN2O2/c11-7-3-4-9-8(6-7)10(14)2-1-5-13(9)12-15/h3-4,6,10,14H,1-2,5H2. The van der Waals surface area contributed by atoms with Gasteiger partial charge in [0.15, 0.2) is 0 Å². The second-order valence-corrected chi connectivity index (χ2v) is 4.00. The van der Waals surface area contributed by atoms with Crippen molar-refractivity contribution in [1.29, 1.82) is 0 Å². The molecule has 1 aliphatic heterocycles. The number of nitroso groups, excluding NO2 is 1. The van der Waals surface area contributed by atoms with Gasteiger partial charge >= 0.3 is 0 Å². The number of rotatable bonds is 1. The first-order chi connectivity index (χ1) is 7.22. The fourth-order valence-corrected chi connectivity index (χ4v) is 2.00. The van der Waals surface area contributed by atoms with E-state index in [0.717, 1.165) is 6.42 Å². The highest BCUT2D eigenvalue weighted by atomic mass is 35.5. The summed E-state index contributed by atoms with van der Waals surface area (Å²) in [5.41, 5.74) is 1.33. The molecule has 0 saturated carbocycles. The van der Waals surface area contributed by atoms with Crippen LogP contribution in [-0.2, 0) is 0 Å². The minimum absolute atomic E-state index is 0.537. The summed E-state index contributed by atoms with van der Waals surface area (Å²) in [5.74, 6) is 0. The Morgan fingerprint density at radius 2 is 2.33 bits per heavy atom. The molecule has 0 spiro atoms. The van der Waals surface area contributed by atoms with Gasteiger partial charge in [-0.25, -0.2) is 5.01 Å². The van der Waals surface area contributed by atoms with E-state index < -0.39 is 6.10 Å². The Balaban J connectivity index is 2.50. The van der Waals surface area contributed by atoms with Gasteiger partial charge < -0.3 is 5.11 Å². The van der Waals surface area contributed by atoms with E-state index in [4.69, 9.17) is 11.6 Å². The summed E-state index contributed by atoms with van der Waals surface area (Å²) < 4.78 is 0. The predicted molar refractivity (Wildman–Crippen MR) is 58.8 cm³/mol. The summed E-state index contributed by atoms with van der Waals surface area (Å²) in [6, 6.07) is 5.09. The third-order valence-corrected chi connectivity index (χ3v) is 2.81. The lowest BCUT2D eigenvalue weighted by Gasteiger charge is -2.16. The van der Waals surface area contributed by atoms with Crippen LogP contribution in [0.25, 0.3) is 0 Å². The van der Waals surface area contributed by atoms with Gasteiger partial charge in [0.25, 0.3) is 0 Å². The molecule has 0 saturated heterocycles. The van der Waals surface area contributed by atoms with Crippen molar-refractivity contribution in [3.63, 3.8) is 0 Å². The maximum absolute atomic E-state index is 10.6. The Morgan fingerprint density at radius 1 is 1.53 bits per heavy atom. The molecule has 1 heterocycles. The topological polar surface area (TPSA) is 52.9 Å². The van der Waals surface area contributed by atoms with Crippen LogP contribution in [0.1, 0.15) is 24.5 Å². The maximum atomic E-state index is 10.6. The highest BCUT2D eigenvalue weighted by molar-refractivity contribution is 6.30. The summed E-state index contributed by atoms with van der Waals surface area (Å²) in [4.78, 5) is 10.6. The van der Waals surface area contributed by atoms with E-state index in [1.54, 1.807) is 18.2 Å². The van der Waals surface area contributed by atoms with Gasteiger partial charge in [-0.1, -0.05) is 11.6 Å². The summed E-state index contributed by atoms with van der Waals surface area (Å²) in [6.45, 7) is 0.537. The number of nitrogens with zero attached hydrogens (tertiary/aromatic N) is 2. The molecular weight excluding hydrogens is 216 g/mol. The molecule has 1 unspecified atom stereocenters. The van der Waals surface area contributed by atoms with Gasteiger partial charge in [0.05, 0.1) is 17.1 Å². The summed E-state index contributed by atoms with van der Waals surface area (Å²) in [5, 5.41) is 14.7. The third kappa shape index (κ3) is 1.96. The third-order valence-electron chi connectivity index (χ3n) is 2.57. The highest BCUT2D eigenvalue weighted by Crippen LogP contribution is 2.34. The number of halogens is 1. The van der Waals surface area contributed by atoms with Crippen LogP contribution in [0, 0.1) is 4.91 Å². The Labute approximate surface area is 92.4 Å². The molecule has 1 N–H and O–H groups in total. The first kappa shape index (κ1) is 10.4. The normalized spacial score (nSPS) is 20.7. The minimum Gasteiger partial charge on any atom is -0.388 e. The first-order valence-electron chi connectivity index (χ1n) is 4.80. The summed E-state index contributed by atoms with van der Waals surface area (Å²) in [6.07, 6.45) is 0.795. The van der Waals surface area contributed by atoms with E-state index in [-0.39, 0.29) is 0 Å². The first-order valence-corrected chi connectivity index (χ1v) is 5.18. The highest BCUT2D eigenvalue weighted by Gasteiger charge is 2.21. The lowest BCUT2D eigenvalue weighted by Crippen LogP contribution is -2.15. The van der Waals surface area contributed by atoms with Gasteiger partial charge in [0.1, 0.15) is 0 Å². The van der Waals surface area contributed by atoms with Crippen molar-refractivity contribution in [3.05, 3.63) is 33.7 Å². The van der Waals surface area contributed by atoms with Crippen LogP contribution in [-0.4, -0.2) is 11.7 Å². The van der Waals surface area contributed by atoms with Gasteiger partial charge in [-0.3, -0.25) is 0 Å². The molecule has 15 heavy (non-hydrogen) atoms. The van der Waals surface area contributed by atoms with Crippen molar-refractivity contribution < 1.29 is 5.11 Å². The fourth-order valence-electron chi connectivity index (χ4n) is 1.82. The second kappa shape index (κ2) is 4.16. The lowest BCUT2D eigenvalue weighted by molar-refractivity contribution is 0.168. The molecule has 1 aliphatic rings. The van der Waals surface area contributed by atoms with Gasteiger partial charge in [-0.05, 0) is 31.0 Å². The van der Waals surface area contributed by atoms with Crippen molar-refractivity contribution in [2.24, 2.45) is 5.29 Å². The summed E-state index contributed by atoms with van der Waals surface area (Å²) >= 11 is 5.85. The van der Waals surface area contributed by atoms with Crippen molar-refractivity contribution >= 4 is 17.3 Å². The van der Waals surface area contributed by atoms with Gasteiger partial charge in [0, 0.05) is 17.1 Å². The molecular formula is C10H11ClN2O2. The SMILES string of the molecule is O=NN1CCCC(O)c2cc(Cl)ccc21. The molecule has 2 rings (SSSR count). The molecule has 80 valence electrons. The number of hydrogen-bond donors (Lipinski definition) is 1. The van der Waals surface area contributed by atoms with Crippen molar-refractivity contribution in [1.82, 2.24) is 0 Å². The molecule has 0 amide bonds. The molecule has 1 aromatic carbocycles. The summed E-state index contributed by atoms with van der Waals surface area (Å²) in [7, 11) is 0. The van der Waals surface area contributed by atoms with Crippen LogP contribution in [0.2, 0.25) is 5.02 Å². The maximum Gasteiger partial charge on any atom is 0.0812 e. The molecule has 0 bridgehead atoms. The van der Waals surface area contributed by atoms with E-state index in [2.05, 4.69) is 5.29 Å². The zero-order chi connectivity index (χ0) is 10.8. The number of aliphatic hydroxyl groups excluding tert-OH is 1. The fraction of sp³-hybridized carbons (Fsp3) is 0.400. The van der Waals surface area contributed by atoms with Gasteiger partial charge in [-0.15, -0.1) is 4.91 Å². The van der Waals surface area contributed by atoms with Crippen LogP contribution in [0.4, 0.5) is 5.69 Å². The van der Waals surface area contributed by atoms with Crippen LogP contribution in [0.3, 0.4) is 0 Å². The van der Waals surface area contributed by atoms with Crippen LogP contribution >= 0.6 is 11.6 Å². The number of aliphatic hydroxyl groups is 1. The Hall–Kier alpha value is -1.13. The van der Waals surface area contributed by atoms with Crippen molar-refractivity contribution in [3.8, 4) is 0 Å². The molecule has 0 fully saturated rings. The van der Waals surface area contributed by atoms with Crippen LogP contribution in [0.15, 0.2) is 23.5 Å². The Kier molecular flexibility index (Phi) is 2.88. The Bertz CT molecular complexity index is 384. The molecule has 0 radical (unpaired) electrons. The number of fused-ring (bicyclic) bond motifs is 1. The number of anilines is 1. The predicted octanol–water partition coefficient (Wildman–Crippen LogP) is 2.66. The van der Waals surface area contributed by atoms with Crippen LogP contribution in [0.5, 0.6) is 0 Å². The average Bonchev–Trinajstić information content (AvgIpc) is 2.38. The number of hydrogen-bond acceptors (Lipinski definition) is 3. The smallest absolute Gasteiger partial charge is 0.0812 e. The molecule has 5 heteroatoms. The average molecular weight is 227 g/mol. The zero-order valence-corrected chi connectivity index (χ0v) is 8.81. The zero-order valence-electron chi connectivity index (χ0n) is 8.06. The molecule has 0 aliphatic carbocycles. The van der Waals surface area contributed by atoms with E-state index in [1.807, 2.05) is 0 Å². The molecule has 4 nitrogen and oxygen atoms in total. The largest absolute Gasteiger partial charge is 0.388 e. The van der Waals surface area contributed by atoms with Crippen LogP contribution < -0.4 is 5.01 Å². The van der Waals surface area contributed by atoms with E-state index in [0.29, 0.717) is 29.2 Å². The second-order valence-electron chi connectivity index (χ2n) is 3.57. The van der Waals surface area contributed by atoms with E-state index in [9.17, 15) is 10.0 Å². The minimum atomic E-state index is -0.564. The quantitative estimate of drug-likeness (QED) is 0.749. The monoisotopic (exact) mass is 226 g/mol. The molecule has 1 aromatic rings. The number of benzene rings is 1. The van der Waals surface area contributed by atoms with E-state index in [1.165, 1.54) is 5.01 Å². The van der Waals surface area contributed by atoms with Gasteiger partial charge in [-0.2, -0.15) is 0 Å². The molecule has 1 atom stereocenters. The molecule has 0 aromatic heterocycles.